The highest BCUT2D eigenvalue weighted by Gasteiger charge is 2.33. The van der Waals surface area contributed by atoms with Crippen LogP contribution >= 0.6 is 15.9 Å². The quantitative estimate of drug-likeness (QED) is 0.532. The van der Waals surface area contributed by atoms with Crippen LogP contribution in [0.2, 0.25) is 0 Å². The zero-order chi connectivity index (χ0) is 18.9. The Kier molecular flexibility index (Phi) is 4.75. The van der Waals surface area contributed by atoms with E-state index >= 15 is 0 Å². The van der Waals surface area contributed by atoms with E-state index in [0.29, 0.717) is 6.04 Å². The minimum atomic E-state index is 0.366. The number of fused-ring (bicyclic) bond motifs is 3. The van der Waals surface area contributed by atoms with Crippen LogP contribution < -0.4 is 0 Å². The van der Waals surface area contributed by atoms with Crippen molar-refractivity contribution in [2.45, 2.75) is 6.04 Å². The summed E-state index contributed by atoms with van der Waals surface area (Å²) in [6.07, 6.45) is 1.96. The second kappa shape index (κ2) is 7.53. The van der Waals surface area contributed by atoms with Gasteiger partial charge in [-0.1, -0.05) is 76.6 Å². The van der Waals surface area contributed by atoms with Crippen LogP contribution in [-0.2, 0) is 0 Å². The lowest BCUT2D eigenvalue weighted by Gasteiger charge is -2.37. The summed E-state index contributed by atoms with van der Waals surface area (Å²) in [6.45, 7) is 3.94. The first-order valence-corrected chi connectivity index (χ1v) is 10.6. The normalized spacial score (nSPS) is 17.1. The summed E-state index contributed by atoms with van der Waals surface area (Å²) >= 11 is 3.47. The topological polar surface area (TPSA) is 18.8 Å². The predicted molar refractivity (Wildman–Crippen MR) is 119 cm³/mol. The predicted octanol–water partition coefficient (Wildman–Crippen LogP) is 5.17. The average molecular weight is 432 g/mol. The van der Waals surface area contributed by atoms with Crippen LogP contribution in [0.5, 0.6) is 0 Å². The molecule has 2 aliphatic rings. The van der Waals surface area contributed by atoms with E-state index in [-0.39, 0.29) is 0 Å². The number of benzene rings is 3. The molecule has 0 aromatic heterocycles. The van der Waals surface area contributed by atoms with Crippen LogP contribution in [0.4, 0.5) is 0 Å². The molecule has 0 bridgehead atoms. The lowest BCUT2D eigenvalue weighted by molar-refractivity contribution is 0.114. The van der Waals surface area contributed by atoms with Gasteiger partial charge in [0.2, 0.25) is 0 Å². The molecule has 0 spiro atoms. The van der Waals surface area contributed by atoms with Gasteiger partial charge in [0.15, 0.2) is 0 Å². The van der Waals surface area contributed by atoms with Gasteiger partial charge in [0, 0.05) is 30.7 Å². The lowest BCUT2D eigenvalue weighted by Crippen LogP contribution is -2.45. The van der Waals surface area contributed by atoms with Crippen LogP contribution in [0.1, 0.15) is 22.7 Å². The Balaban J connectivity index is 1.31. The van der Waals surface area contributed by atoms with Gasteiger partial charge in [-0.25, -0.2) is 0 Å². The number of nitrogens with zero attached hydrogens (tertiary/aromatic N) is 3. The Morgan fingerprint density at radius 3 is 1.93 bits per heavy atom. The van der Waals surface area contributed by atoms with Gasteiger partial charge < -0.3 is 0 Å². The Hall–Kier alpha value is -2.43. The van der Waals surface area contributed by atoms with Crippen LogP contribution in [0, 0.1) is 0 Å². The molecule has 1 aliphatic carbocycles. The van der Waals surface area contributed by atoms with Crippen molar-refractivity contribution in [3.8, 4) is 11.1 Å². The maximum Gasteiger partial charge on any atom is 0.0615 e. The van der Waals surface area contributed by atoms with E-state index in [1.165, 1.54) is 22.3 Å². The first-order valence-electron chi connectivity index (χ1n) is 9.76. The van der Waals surface area contributed by atoms with Crippen LogP contribution in [0.25, 0.3) is 11.1 Å². The zero-order valence-corrected chi connectivity index (χ0v) is 17.2. The zero-order valence-electron chi connectivity index (χ0n) is 15.6. The third-order valence-electron chi connectivity index (χ3n) is 5.70. The summed E-state index contributed by atoms with van der Waals surface area (Å²) in [5.41, 5.74) is 6.79. The summed E-state index contributed by atoms with van der Waals surface area (Å²) in [5, 5.41) is 6.88. The molecule has 0 unspecified atom stereocenters. The van der Waals surface area contributed by atoms with E-state index in [4.69, 9.17) is 5.10 Å². The number of hydrogen-bond acceptors (Lipinski definition) is 3. The molecule has 1 heterocycles. The maximum absolute atomic E-state index is 4.70. The van der Waals surface area contributed by atoms with Crippen molar-refractivity contribution in [2.24, 2.45) is 5.10 Å². The Bertz CT molecular complexity index is 959. The molecule has 3 aromatic rings. The number of rotatable bonds is 3. The van der Waals surface area contributed by atoms with Crippen molar-refractivity contribution in [2.75, 3.05) is 26.2 Å². The van der Waals surface area contributed by atoms with Gasteiger partial charge in [0.25, 0.3) is 0 Å². The lowest BCUT2D eigenvalue weighted by atomic mass is 10.0. The molecule has 1 fully saturated rings. The molecule has 0 radical (unpaired) electrons. The molecule has 0 amide bonds. The first-order chi connectivity index (χ1) is 13.8. The summed E-state index contributed by atoms with van der Waals surface area (Å²) in [6, 6.07) is 26.3. The van der Waals surface area contributed by atoms with Gasteiger partial charge in [-0.3, -0.25) is 9.91 Å². The van der Waals surface area contributed by atoms with Crippen molar-refractivity contribution >= 4 is 22.1 Å². The van der Waals surface area contributed by atoms with Crippen molar-refractivity contribution in [1.29, 1.82) is 0 Å². The highest BCUT2D eigenvalue weighted by atomic mass is 79.9. The van der Waals surface area contributed by atoms with Gasteiger partial charge in [-0.2, -0.15) is 5.10 Å². The summed E-state index contributed by atoms with van der Waals surface area (Å²) < 4.78 is 1.09. The fourth-order valence-corrected chi connectivity index (χ4v) is 4.57. The molecule has 1 saturated heterocycles. The van der Waals surface area contributed by atoms with E-state index in [9.17, 15) is 0 Å². The van der Waals surface area contributed by atoms with Crippen molar-refractivity contribution in [3.63, 3.8) is 0 Å². The van der Waals surface area contributed by atoms with Crippen LogP contribution in [0.3, 0.4) is 0 Å². The molecule has 3 nitrogen and oxygen atoms in total. The standard InChI is InChI=1S/C24H22BrN3/c25-19-11-9-18(10-12-19)17-26-28-15-13-27(14-16-28)24-22-7-3-1-5-20(22)21-6-2-4-8-23(21)24/h1-12,17,24H,13-16H2. The highest BCUT2D eigenvalue weighted by Crippen LogP contribution is 2.46. The molecular formula is C24H22BrN3. The summed E-state index contributed by atoms with van der Waals surface area (Å²) in [7, 11) is 0. The second-order valence-electron chi connectivity index (χ2n) is 7.36. The van der Waals surface area contributed by atoms with Crippen molar-refractivity contribution in [1.82, 2.24) is 9.91 Å². The van der Waals surface area contributed by atoms with E-state index < -0.39 is 0 Å². The van der Waals surface area contributed by atoms with E-state index in [0.717, 1.165) is 36.2 Å². The summed E-state index contributed by atoms with van der Waals surface area (Å²) in [5.74, 6) is 0. The number of hydrazone groups is 1. The molecule has 140 valence electrons. The van der Waals surface area contributed by atoms with Gasteiger partial charge in [-0.05, 0) is 39.9 Å². The Morgan fingerprint density at radius 2 is 1.32 bits per heavy atom. The van der Waals surface area contributed by atoms with E-state index in [1.54, 1.807) is 0 Å². The van der Waals surface area contributed by atoms with Gasteiger partial charge in [-0.15, -0.1) is 0 Å². The van der Waals surface area contributed by atoms with Crippen LogP contribution in [0.15, 0.2) is 82.4 Å². The smallest absolute Gasteiger partial charge is 0.0615 e. The Morgan fingerprint density at radius 1 is 0.750 bits per heavy atom. The molecule has 3 aromatic carbocycles. The number of halogens is 1. The van der Waals surface area contributed by atoms with Gasteiger partial charge >= 0.3 is 0 Å². The molecule has 0 atom stereocenters. The van der Waals surface area contributed by atoms with Crippen molar-refractivity contribution in [3.05, 3.63) is 94.0 Å². The van der Waals surface area contributed by atoms with Crippen LogP contribution in [-0.4, -0.2) is 42.3 Å². The fraction of sp³-hybridized carbons (Fsp3) is 0.208. The Labute approximate surface area is 174 Å². The first kappa shape index (κ1) is 17.7. The van der Waals surface area contributed by atoms with E-state index in [1.807, 2.05) is 18.3 Å². The molecule has 0 saturated carbocycles. The molecular weight excluding hydrogens is 410 g/mol. The monoisotopic (exact) mass is 431 g/mol. The fourth-order valence-electron chi connectivity index (χ4n) is 4.30. The van der Waals surface area contributed by atoms with Gasteiger partial charge in [0.1, 0.15) is 0 Å². The van der Waals surface area contributed by atoms with Crippen molar-refractivity contribution < 1.29 is 0 Å². The summed E-state index contributed by atoms with van der Waals surface area (Å²) in [4.78, 5) is 2.61. The molecule has 1 aliphatic heterocycles. The number of piperazine rings is 1. The maximum atomic E-state index is 4.70. The molecule has 0 N–H and O–H groups in total. The average Bonchev–Trinajstić information content (AvgIpc) is 3.08. The molecule has 5 rings (SSSR count). The third kappa shape index (κ3) is 3.27. The molecule has 28 heavy (non-hydrogen) atoms. The highest BCUT2D eigenvalue weighted by molar-refractivity contribution is 9.10. The number of hydrogen-bond donors (Lipinski definition) is 0. The van der Waals surface area contributed by atoms with Gasteiger partial charge in [0.05, 0.1) is 12.3 Å². The second-order valence-corrected chi connectivity index (χ2v) is 8.28. The van der Waals surface area contributed by atoms with E-state index in [2.05, 4.69) is 86.5 Å². The minimum Gasteiger partial charge on any atom is -0.294 e. The largest absolute Gasteiger partial charge is 0.294 e. The SMILES string of the molecule is Brc1ccc(C=NN2CCN(C3c4ccccc4-c4ccccc43)CC2)cc1. The minimum absolute atomic E-state index is 0.366. The molecule has 4 heteroatoms. The third-order valence-corrected chi connectivity index (χ3v) is 6.23.